The van der Waals surface area contributed by atoms with Crippen LogP contribution in [0, 0.1) is 5.92 Å². The molecule has 26 heavy (non-hydrogen) atoms. The number of rotatable bonds is 7. The molecule has 136 valence electrons. The van der Waals surface area contributed by atoms with Gasteiger partial charge < -0.3 is 16.0 Å². The molecule has 1 fully saturated rings. The minimum atomic E-state index is -0.191. The molecule has 1 saturated heterocycles. The Hall–Kier alpha value is -2.73. The van der Waals surface area contributed by atoms with Crippen LogP contribution >= 0.6 is 0 Å². The van der Waals surface area contributed by atoms with Gasteiger partial charge in [-0.25, -0.2) is 0 Å². The van der Waals surface area contributed by atoms with Crippen molar-refractivity contribution in [3.63, 3.8) is 0 Å². The predicted octanol–water partition coefficient (Wildman–Crippen LogP) is 2.34. The van der Waals surface area contributed by atoms with Crippen molar-refractivity contribution in [2.24, 2.45) is 5.92 Å². The monoisotopic (exact) mass is 352 g/mol. The van der Waals surface area contributed by atoms with E-state index in [2.05, 4.69) is 20.9 Å². The molecule has 2 amide bonds. The van der Waals surface area contributed by atoms with Crippen LogP contribution < -0.4 is 16.0 Å². The molecule has 0 radical (unpaired) electrons. The van der Waals surface area contributed by atoms with Crippen LogP contribution in [0.2, 0.25) is 0 Å². The Morgan fingerprint density at radius 1 is 1.19 bits per heavy atom. The molecule has 3 rings (SSSR count). The fourth-order valence-electron chi connectivity index (χ4n) is 3.03. The zero-order chi connectivity index (χ0) is 18.2. The molecular formula is C20H24N4O2. The van der Waals surface area contributed by atoms with E-state index in [1.54, 1.807) is 30.5 Å². The van der Waals surface area contributed by atoms with Crippen LogP contribution in [0.3, 0.4) is 0 Å². The van der Waals surface area contributed by atoms with Gasteiger partial charge in [-0.15, -0.1) is 0 Å². The van der Waals surface area contributed by atoms with Gasteiger partial charge in [-0.2, -0.15) is 0 Å². The van der Waals surface area contributed by atoms with Crippen molar-refractivity contribution in [1.29, 1.82) is 0 Å². The number of aromatic nitrogens is 1. The molecule has 1 aromatic carbocycles. The van der Waals surface area contributed by atoms with Gasteiger partial charge in [0.25, 0.3) is 5.91 Å². The van der Waals surface area contributed by atoms with Crippen molar-refractivity contribution in [3.05, 3.63) is 59.9 Å². The molecule has 0 saturated carbocycles. The number of amides is 2. The summed E-state index contributed by atoms with van der Waals surface area (Å²) in [7, 11) is 0. The third kappa shape index (κ3) is 5.39. The van der Waals surface area contributed by atoms with E-state index in [-0.39, 0.29) is 11.8 Å². The number of nitrogens with zero attached hydrogens (tertiary/aromatic N) is 1. The summed E-state index contributed by atoms with van der Waals surface area (Å²) >= 11 is 0. The summed E-state index contributed by atoms with van der Waals surface area (Å²) in [5.41, 5.74) is 1.95. The Balaban J connectivity index is 1.50. The molecule has 0 spiro atoms. The van der Waals surface area contributed by atoms with Crippen LogP contribution in [-0.4, -0.2) is 29.9 Å². The molecule has 1 aliphatic heterocycles. The average molecular weight is 352 g/mol. The van der Waals surface area contributed by atoms with Crippen LogP contribution in [0.25, 0.3) is 0 Å². The highest BCUT2D eigenvalue weighted by Gasteiger charge is 2.16. The molecular weight excluding hydrogens is 328 g/mol. The quantitative estimate of drug-likeness (QED) is 0.714. The maximum Gasteiger partial charge on any atom is 0.251 e. The largest absolute Gasteiger partial charge is 0.346 e. The first-order valence-corrected chi connectivity index (χ1v) is 8.99. The number of anilines is 1. The van der Waals surface area contributed by atoms with E-state index in [1.807, 2.05) is 18.2 Å². The second-order valence-corrected chi connectivity index (χ2v) is 6.53. The molecule has 1 atom stereocenters. The maximum atomic E-state index is 12.3. The third-order valence-electron chi connectivity index (χ3n) is 4.51. The van der Waals surface area contributed by atoms with E-state index in [1.165, 1.54) is 0 Å². The van der Waals surface area contributed by atoms with Gasteiger partial charge in [0.05, 0.1) is 12.2 Å². The van der Waals surface area contributed by atoms with Gasteiger partial charge in [0.1, 0.15) is 0 Å². The summed E-state index contributed by atoms with van der Waals surface area (Å²) in [6.07, 6.45) is 4.23. The summed E-state index contributed by atoms with van der Waals surface area (Å²) in [5.74, 6) is 0.385. The van der Waals surface area contributed by atoms with Crippen LogP contribution in [0.15, 0.2) is 48.7 Å². The second-order valence-electron chi connectivity index (χ2n) is 6.53. The standard InChI is InChI=1S/C20H24N4O2/c25-19(8-7-15-9-11-21-13-15)24-17-6-3-4-16(12-17)20(26)23-14-18-5-1-2-10-22-18/h1-6,10,12,15,21H,7-9,11,13-14H2,(H,23,26)(H,24,25). The molecule has 3 N–H and O–H groups in total. The van der Waals surface area contributed by atoms with Crippen LogP contribution in [-0.2, 0) is 11.3 Å². The molecule has 2 aromatic rings. The first kappa shape index (κ1) is 18.1. The average Bonchev–Trinajstić information content (AvgIpc) is 3.19. The number of hydrogen-bond donors (Lipinski definition) is 3. The Kier molecular flexibility index (Phi) is 6.33. The number of hydrogen-bond acceptors (Lipinski definition) is 4. The molecule has 6 heteroatoms. The lowest BCUT2D eigenvalue weighted by Crippen LogP contribution is -2.23. The van der Waals surface area contributed by atoms with Crippen molar-refractivity contribution in [3.8, 4) is 0 Å². The first-order chi connectivity index (χ1) is 12.7. The zero-order valence-electron chi connectivity index (χ0n) is 14.7. The van der Waals surface area contributed by atoms with Gasteiger partial charge in [-0.05, 0) is 62.2 Å². The third-order valence-corrected chi connectivity index (χ3v) is 4.51. The van der Waals surface area contributed by atoms with Crippen molar-refractivity contribution >= 4 is 17.5 Å². The number of carbonyl (C=O) groups is 2. The topological polar surface area (TPSA) is 83.1 Å². The Bertz CT molecular complexity index is 742. The SMILES string of the molecule is O=C(CCC1CCNC1)Nc1cccc(C(=O)NCc2ccccn2)c1. The van der Waals surface area contributed by atoms with E-state index in [0.29, 0.717) is 30.1 Å². The van der Waals surface area contributed by atoms with Gasteiger partial charge in [0.15, 0.2) is 0 Å². The summed E-state index contributed by atoms with van der Waals surface area (Å²) in [5, 5.41) is 9.03. The van der Waals surface area contributed by atoms with E-state index in [4.69, 9.17) is 0 Å². The lowest BCUT2D eigenvalue weighted by atomic mass is 10.0. The van der Waals surface area contributed by atoms with Gasteiger partial charge in [0, 0.05) is 23.9 Å². The van der Waals surface area contributed by atoms with Gasteiger partial charge in [-0.1, -0.05) is 12.1 Å². The van der Waals surface area contributed by atoms with Crippen LogP contribution in [0.4, 0.5) is 5.69 Å². The smallest absolute Gasteiger partial charge is 0.251 e. The Labute approximate surface area is 153 Å². The minimum absolute atomic E-state index is 0.0112. The fraction of sp³-hybridized carbons (Fsp3) is 0.350. The number of pyridine rings is 1. The lowest BCUT2D eigenvalue weighted by Gasteiger charge is -2.10. The number of carbonyl (C=O) groups excluding carboxylic acids is 2. The van der Waals surface area contributed by atoms with Gasteiger partial charge >= 0.3 is 0 Å². The minimum Gasteiger partial charge on any atom is -0.346 e. The molecule has 6 nitrogen and oxygen atoms in total. The van der Waals surface area contributed by atoms with E-state index >= 15 is 0 Å². The maximum absolute atomic E-state index is 12.3. The van der Waals surface area contributed by atoms with E-state index < -0.39 is 0 Å². The molecule has 1 aliphatic rings. The summed E-state index contributed by atoms with van der Waals surface area (Å²) < 4.78 is 0. The summed E-state index contributed by atoms with van der Waals surface area (Å²) in [6.45, 7) is 2.41. The lowest BCUT2D eigenvalue weighted by molar-refractivity contribution is -0.116. The first-order valence-electron chi connectivity index (χ1n) is 8.99. The van der Waals surface area contributed by atoms with Crippen molar-refractivity contribution < 1.29 is 9.59 Å². The van der Waals surface area contributed by atoms with Crippen molar-refractivity contribution in [1.82, 2.24) is 15.6 Å². The van der Waals surface area contributed by atoms with Crippen LogP contribution in [0.1, 0.15) is 35.3 Å². The fourth-order valence-corrected chi connectivity index (χ4v) is 3.03. The highest BCUT2D eigenvalue weighted by Crippen LogP contribution is 2.16. The number of nitrogens with one attached hydrogen (secondary N) is 3. The summed E-state index contributed by atoms with van der Waals surface area (Å²) in [4.78, 5) is 28.6. The van der Waals surface area contributed by atoms with Crippen molar-refractivity contribution in [2.75, 3.05) is 18.4 Å². The van der Waals surface area contributed by atoms with Gasteiger partial charge in [0.2, 0.25) is 5.91 Å². The number of benzene rings is 1. The van der Waals surface area contributed by atoms with Gasteiger partial charge in [-0.3, -0.25) is 14.6 Å². The molecule has 0 aliphatic carbocycles. The Morgan fingerprint density at radius 3 is 2.88 bits per heavy atom. The van der Waals surface area contributed by atoms with Crippen molar-refractivity contribution in [2.45, 2.75) is 25.8 Å². The zero-order valence-corrected chi connectivity index (χ0v) is 14.7. The molecule has 1 aromatic heterocycles. The molecule has 2 heterocycles. The normalized spacial score (nSPS) is 16.2. The summed E-state index contributed by atoms with van der Waals surface area (Å²) in [6, 6.07) is 12.6. The van der Waals surface area contributed by atoms with E-state index in [9.17, 15) is 9.59 Å². The molecule has 1 unspecified atom stereocenters. The molecule has 0 bridgehead atoms. The highest BCUT2D eigenvalue weighted by atomic mass is 16.2. The Morgan fingerprint density at radius 2 is 2.12 bits per heavy atom. The predicted molar refractivity (Wildman–Crippen MR) is 101 cm³/mol. The van der Waals surface area contributed by atoms with Crippen LogP contribution in [0.5, 0.6) is 0 Å². The van der Waals surface area contributed by atoms with E-state index in [0.717, 1.165) is 31.6 Å². The highest BCUT2D eigenvalue weighted by molar-refractivity contribution is 5.97. The second kappa shape index (κ2) is 9.10.